The van der Waals surface area contributed by atoms with E-state index in [0.717, 1.165) is 31.5 Å². The molecule has 1 atom stereocenters. The number of piperidine rings is 1. The number of nitrogens with one attached hydrogen (secondary N) is 1. The fraction of sp³-hybridized carbons (Fsp3) is 0.526. The quantitative estimate of drug-likeness (QED) is 0.845. The van der Waals surface area contributed by atoms with Crippen LogP contribution < -0.4 is 5.32 Å². The molecule has 0 radical (unpaired) electrons. The van der Waals surface area contributed by atoms with Gasteiger partial charge in [-0.1, -0.05) is 42.5 Å². The number of amides is 2. The number of hydrogen-bond acceptors (Lipinski definition) is 2. The van der Waals surface area contributed by atoms with Crippen molar-refractivity contribution in [3.63, 3.8) is 0 Å². The van der Waals surface area contributed by atoms with Crippen LogP contribution in [0, 0.1) is 0 Å². The number of likely N-dealkylation sites (N-methyl/N-ethyl adjacent to an activating group) is 1. The van der Waals surface area contributed by atoms with Crippen LogP contribution in [0.25, 0.3) is 0 Å². The number of hydrogen-bond donors (Lipinski definition) is 1. The summed E-state index contributed by atoms with van der Waals surface area (Å²) in [4.78, 5) is 16.3. The van der Waals surface area contributed by atoms with Crippen molar-refractivity contribution in [1.29, 1.82) is 0 Å². The number of rotatable bonds is 5. The van der Waals surface area contributed by atoms with Gasteiger partial charge in [-0.3, -0.25) is 4.90 Å². The van der Waals surface area contributed by atoms with Gasteiger partial charge in [0.05, 0.1) is 0 Å². The predicted molar refractivity (Wildman–Crippen MR) is 95.4 cm³/mol. The Hall–Kier alpha value is -1.81. The van der Waals surface area contributed by atoms with Crippen LogP contribution in [0.1, 0.15) is 38.3 Å². The lowest BCUT2D eigenvalue weighted by Gasteiger charge is -2.37. The van der Waals surface area contributed by atoms with E-state index < -0.39 is 0 Å². The molecule has 0 spiro atoms. The van der Waals surface area contributed by atoms with Crippen molar-refractivity contribution in [2.24, 2.45) is 0 Å². The van der Waals surface area contributed by atoms with Crippen LogP contribution in [0.15, 0.2) is 42.5 Å². The van der Waals surface area contributed by atoms with Crippen molar-refractivity contribution in [3.05, 3.63) is 48.0 Å². The SMILES string of the molecule is C=C(C)CN(C)C(=O)NC1CCN(C(C)c2ccccc2)CC1. The number of carbonyl (C=O) groups excluding carboxylic acids is 1. The number of nitrogens with zero attached hydrogens (tertiary/aromatic N) is 2. The average molecular weight is 315 g/mol. The maximum atomic E-state index is 12.1. The second kappa shape index (κ2) is 8.16. The molecule has 126 valence electrons. The van der Waals surface area contributed by atoms with Gasteiger partial charge in [0.2, 0.25) is 0 Å². The van der Waals surface area contributed by atoms with Crippen molar-refractivity contribution >= 4 is 6.03 Å². The number of benzene rings is 1. The molecule has 1 aromatic rings. The number of urea groups is 1. The second-order valence-corrected chi connectivity index (χ2v) is 6.66. The molecule has 1 aliphatic rings. The molecule has 1 saturated heterocycles. The highest BCUT2D eigenvalue weighted by Crippen LogP contribution is 2.24. The minimum Gasteiger partial charge on any atom is -0.335 e. The first-order chi connectivity index (χ1) is 11.0. The first-order valence-electron chi connectivity index (χ1n) is 8.42. The molecular formula is C19H29N3O. The molecule has 0 saturated carbocycles. The van der Waals surface area contributed by atoms with E-state index in [1.165, 1.54) is 5.56 Å². The summed E-state index contributed by atoms with van der Waals surface area (Å²) in [5, 5.41) is 3.14. The smallest absolute Gasteiger partial charge is 0.317 e. The minimum atomic E-state index is 0.00237. The molecule has 1 unspecified atom stereocenters. The molecule has 23 heavy (non-hydrogen) atoms. The lowest BCUT2D eigenvalue weighted by molar-refractivity contribution is 0.148. The molecule has 4 heteroatoms. The Morgan fingerprint density at radius 2 is 1.96 bits per heavy atom. The molecular weight excluding hydrogens is 286 g/mol. The van der Waals surface area contributed by atoms with Gasteiger partial charge in [-0.15, -0.1) is 0 Å². The molecule has 1 aromatic carbocycles. The van der Waals surface area contributed by atoms with Crippen LogP contribution in [0.3, 0.4) is 0 Å². The summed E-state index contributed by atoms with van der Waals surface area (Å²) in [6, 6.07) is 11.3. The summed E-state index contributed by atoms with van der Waals surface area (Å²) >= 11 is 0. The van der Waals surface area contributed by atoms with E-state index in [1.807, 2.05) is 14.0 Å². The van der Waals surface area contributed by atoms with E-state index in [1.54, 1.807) is 4.90 Å². The van der Waals surface area contributed by atoms with E-state index in [0.29, 0.717) is 12.6 Å². The first-order valence-corrected chi connectivity index (χ1v) is 8.42. The van der Waals surface area contributed by atoms with E-state index in [4.69, 9.17) is 0 Å². The Labute approximate surface area is 140 Å². The van der Waals surface area contributed by atoms with E-state index >= 15 is 0 Å². The summed E-state index contributed by atoms with van der Waals surface area (Å²) in [6.07, 6.45) is 2.01. The van der Waals surface area contributed by atoms with Crippen LogP contribution in [0.5, 0.6) is 0 Å². The first kappa shape index (κ1) is 17.5. The topological polar surface area (TPSA) is 35.6 Å². The third kappa shape index (κ3) is 5.10. The maximum absolute atomic E-state index is 12.1. The molecule has 2 rings (SSSR count). The highest BCUT2D eigenvalue weighted by Gasteiger charge is 2.25. The van der Waals surface area contributed by atoms with Crippen molar-refractivity contribution in [2.45, 2.75) is 38.8 Å². The summed E-state index contributed by atoms with van der Waals surface area (Å²) < 4.78 is 0. The molecule has 2 amide bonds. The van der Waals surface area contributed by atoms with Gasteiger partial charge in [-0.2, -0.15) is 0 Å². The second-order valence-electron chi connectivity index (χ2n) is 6.66. The van der Waals surface area contributed by atoms with Crippen LogP contribution in [0.4, 0.5) is 4.79 Å². The van der Waals surface area contributed by atoms with E-state index in [9.17, 15) is 4.79 Å². The Kier molecular flexibility index (Phi) is 6.22. The Bertz CT molecular complexity index is 521. The lowest BCUT2D eigenvalue weighted by Crippen LogP contribution is -2.48. The van der Waals surface area contributed by atoms with Crippen molar-refractivity contribution in [2.75, 3.05) is 26.7 Å². The third-order valence-corrected chi connectivity index (χ3v) is 4.54. The van der Waals surface area contributed by atoms with E-state index in [-0.39, 0.29) is 12.1 Å². The highest BCUT2D eigenvalue weighted by atomic mass is 16.2. The average Bonchev–Trinajstić information content (AvgIpc) is 2.55. The zero-order valence-corrected chi connectivity index (χ0v) is 14.6. The van der Waals surface area contributed by atoms with Crippen molar-refractivity contribution < 1.29 is 4.79 Å². The van der Waals surface area contributed by atoms with Crippen molar-refractivity contribution in [1.82, 2.24) is 15.1 Å². The predicted octanol–water partition coefficient (Wildman–Crippen LogP) is 3.43. The Morgan fingerprint density at radius 1 is 1.35 bits per heavy atom. The summed E-state index contributed by atoms with van der Waals surface area (Å²) in [5.41, 5.74) is 2.35. The van der Waals surface area contributed by atoms with Gasteiger partial charge in [-0.05, 0) is 32.3 Å². The Balaban J connectivity index is 1.80. The summed E-state index contributed by atoms with van der Waals surface area (Å²) in [5.74, 6) is 0. The highest BCUT2D eigenvalue weighted by molar-refractivity contribution is 5.74. The maximum Gasteiger partial charge on any atom is 0.317 e. The zero-order chi connectivity index (χ0) is 16.8. The molecule has 0 aliphatic carbocycles. The molecule has 1 fully saturated rings. The lowest BCUT2D eigenvalue weighted by atomic mass is 10.0. The third-order valence-electron chi connectivity index (χ3n) is 4.54. The van der Waals surface area contributed by atoms with Crippen LogP contribution >= 0.6 is 0 Å². The van der Waals surface area contributed by atoms with Gasteiger partial charge in [0, 0.05) is 38.8 Å². The summed E-state index contributed by atoms with van der Waals surface area (Å²) in [6.45, 7) is 10.7. The van der Waals surface area contributed by atoms with Crippen molar-refractivity contribution in [3.8, 4) is 0 Å². The molecule has 0 aromatic heterocycles. The molecule has 0 bridgehead atoms. The molecule has 1 N–H and O–H groups in total. The van der Waals surface area contributed by atoms with E-state index in [2.05, 4.69) is 54.1 Å². The fourth-order valence-corrected chi connectivity index (χ4v) is 3.13. The number of likely N-dealkylation sites (tertiary alicyclic amines) is 1. The van der Waals surface area contributed by atoms with Gasteiger partial charge in [0.25, 0.3) is 0 Å². The molecule has 4 nitrogen and oxygen atoms in total. The largest absolute Gasteiger partial charge is 0.335 e. The number of carbonyl (C=O) groups is 1. The van der Waals surface area contributed by atoms with Gasteiger partial charge in [0.15, 0.2) is 0 Å². The standard InChI is InChI=1S/C19H29N3O/c1-15(2)14-21(4)19(23)20-18-10-12-22(13-11-18)16(3)17-8-6-5-7-9-17/h5-9,16,18H,1,10-14H2,2-4H3,(H,20,23). The monoisotopic (exact) mass is 315 g/mol. The van der Waals surface area contributed by atoms with Gasteiger partial charge < -0.3 is 10.2 Å². The van der Waals surface area contributed by atoms with Crippen LogP contribution in [-0.4, -0.2) is 48.6 Å². The minimum absolute atomic E-state index is 0.00237. The van der Waals surface area contributed by atoms with Gasteiger partial charge in [-0.25, -0.2) is 4.79 Å². The fourth-order valence-electron chi connectivity index (χ4n) is 3.13. The van der Waals surface area contributed by atoms with Gasteiger partial charge in [0.1, 0.15) is 0 Å². The summed E-state index contributed by atoms with van der Waals surface area (Å²) in [7, 11) is 1.82. The molecule has 1 heterocycles. The van der Waals surface area contributed by atoms with Crippen LogP contribution in [-0.2, 0) is 0 Å². The van der Waals surface area contributed by atoms with Gasteiger partial charge >= 0.3 is 6.03 Å². The van der Waals surface area contributed by atoms with Crippen LogP contribution in [0.2, 0.25) is 0 Å². The zero-order valence-electron chi connectivity index (χ0n) is 14.6. The normalized spacial score (nSPS) is 17.5. The Morgan fingerprint density at radius 3 is 2.52 bits per heavy atom. The molecule has 1 aliphatic heterocycles.